The van der Waals surface area contributed by atoms with Crippen molar-refractivity contribution in [1.29, 1.82) is 0 Å². The SMILES string of the molecule is O=C(C1CN(c2nccc3occc23)CCO1)N1CCCC1. The number of morpholine rings is 1. The molecule has 0 aromatic carbocycles. The maximum atomic E-state index is 12.5. The van der Waals surface area contributed by atoms with Gasteiger partial charge in [-0.3, -0.25) is 4.79 Å². The maximum Gasteiger partial charge on any atom is 0.253 e. The number of amides is 1. The summed E-state index contributed by atoms with van der Waals surface area (Å²) in [4.78, 5) is 21.0. The zero-order valence-corrected chi connectivity index (χ0v) is 12.4. The van der Waals surface area contributed by atoms with Gasteiger partial charge < -0.3 is 19.0 Å². The summed E-state index contributed by atoms with van der Waals surface area (Å²) < 4.78 is 11.1. The summed E-state index contributed by atoms with van der Waals surface area (Å²) in [7, 11) is 0. The minimum Gasteiger partial charge on any atom is -0.464 e. The quantitative estimate of drug-likeness (QED) is 0.844. The van der Waals surface area contributed by atoms with Gasteiger partial charge in [0.2, 0.25) is 0 Å². The van der Waals surface area contributed by atoms with Crippen LogP contribution in [0, 0.1) is 0 Å². The van der Waals surface area contributed by atoms with Crippen molar-refractivity contribution >= 4 is 22.7 Å². The molecule has 6 heteroatoms. The topological polar surface area (TPSA) is 58.8 Å². The largest absolute Gasteiger partial charge is 0.464 e. The number of hydrogen-bond donors (Lipinski definition) is 0. The van der Waals surface area contributed by atoms with E-state index < -0.39 is 6.10 Å². The second-order valence-electron chi connectivity index (χ2n) is 5.80. The van der Waals surface area contributed by atoms with E-state index in [0.29, 0.717) is 13.2 Å². The molecule has 2 aliphatic heterocycles. The van der Waals surface area contributed by atoms with E-state index in [2.05, 4.69) is 9.88 Å². The number of carbonyl (C=O) groups excluding carboxylic acids is 1. The number of ether oxygens (including phenoxy) is 1. The summed E-state index contributed by atoms with van der Waals surface area (Å²) in [5.74, 6) is 0.982. The Kier molecular flexibility index (Phi) is 3.46. The lowest BCUT2D eigenvalue weighted by Gasteiger charge is -2.34. The smallest absolute Gasteiger partial charge is 0.253 e. The first-order valence-corrected chi connectivity index (χ1v) is 7.80. The number of nitrogens with zero attached hydrogens (tertiary/aromatic N) is 3. The van der Waals surface area contributed by atoms with Crippen LogP contribution in [0.3, 0.4) is 0 Å². The Hall–Kier alpha value is -2.08. The first-order valence-electron chi connectivity index (χ1n) is 7.80. The van der Waals surface area contributed by atoms with Gasteiger partial charge in [-0.15, -0.1) is 0 Å². The van der Waals surface area contributed by atoms with Gasteiger partial charge in [-0.1, -0.05) is 0 Å². The molecule has 0 aliphatic carbocycles. The summed E-state index contributed by atoms with van der Waals surface area (Å²) in [6, 6.07) is 3.77. The van der Waals surface area contributed by atoms with E-state index in [1.165, 1.54) is 0 Å². The van der Waals surface area contributed by atoms with Crippen molar-refractivity contribution in [2.24, 2.45) is 0 Å². The fourth-order valence-electron chi connectivity index (χ4n) is 3.26. The van der Waals surface area contributed by atoms with Crippen molar-refractivity contribution < 1.29 is 13.9 Å². The van der Waals surface area contributed by atoms with Gasteiger partial charge in [0.25, 0.3) is 5.91 Å². The molecular formula is C16H19N3O3. The van der Waals surface area contributed by atoms with Crippen molar-refractivity contribution in [3.8, 4) is 0 Å². The third-order valence-electron chi connectivity index (χ3n) is 4.42. The highest BCUT2D eigenvalue weighted by molar-refractivity contribution is 5.89. The Morgan fingerprint density at radius 2 is 2.09 bits per heavy atom. The molecule has 116 valence electrons. The second kappa shape index (κ2) is 5.61. The monoisotopic (exact) mass is 301 g/mol. The normalized spacial score (nSPS) is 22.5. The lowest BCUT2D eigenvalue weighted by molar-refractivity contribution is -0.143. The third-order valence-corrected chi connectivity index (χ3v) is 4.42. The number of likely N-dealkylation sites (tertiary alicyclic amines) is 1. The molecular weight excluding hydrogens is 282 g/mol. The van der Waals surface area contributed by atoms with Gasteiger partial charge in [-0.25, -0.2) is 4.98 Å². The first kappa shape index (κ1) is 13.6. The summed E-state index contributed by atoms with van der Waals surface area (Å²) in [6.07, 6.45) is 5.21. The van der Waals surface area contributed by atoms with Crippen LogP contribution in [0.1, 0.15) is 12.8 Å². The third kappa shape index (κ3) is 2.33. The first-order chi connectivity index (χ1) is 10.8. The minimum atomic E-state index is -0.393. The fraction of sp³-hybridized carbons (Fsp3) is 0.500. The molecule has 1 amide bonds. The average molecular weight is 301 g/mol. The van der Waals surface area contributed by atoms with E-state index in [-0.39, 0.29) is 5.91 Å². The summed E-state index contributed by atoms with van der Waals surface area (Å²) in [5.41, 5.74) is 0.818. The van der Waals surface area contributed by atoms with Crippen LogP contribution in [0.5, 0.6) is 0 Å². The second-order valence-corrected chi connectivity index (χ2v) is 5.80. The van der Waals surface area contributed by atoms with E-state index in [0.717, 1.165) is 49.3 Å². The standard InChI is InChI=1S/C16H19N3O3/c20-16(18-6-1-2-7-18)14-11-19(8-10-22-14)15-12-4-9-21-13(12)3-5-17-15/h3-5,9,14H,1-2,6-8,10-11H2. The fourth-order valence-corrected chi connectivity index (χ4v) is 3.26. The van der Waals surface area contributed by atoms with Crippen molar-refractivity contribution in [3.05, 3.63) is 24.6 Å². The molecule has 2 aromatic heterocycles. The number of rotatable bonds is 2. The molecule has 0 spiro atoms. The highest BCUT2D eigenvalue weighted by Gasteiger charge is 2.32. The van der Waals surface area contributed by atoms with Crippen LogP contribution in [0.4, 0.5) is 5.82 Å². The van der Waals surface area contributed by atoms with E-state index in [9.17, 15) is 4.79 Å². The van der Waals surface area contributed by atoms with Crippen molar-refractivity contribution in [1.82, 2.24) is 9.88 Å². The summed E-state index contributed by atoms with van der Waals surface area (Å²) >= 11 is 0. The predicted octanol–water partition coefficient (Wildman–Crippen LogP) is 1.66. The number of pyridine rings is 1. The van der Waals surface area contributed by atoms with Crippen LogP contribution in [0.2, 0.25) is 0 Å². The predicted molar refractivity (Wildman–Crippen MR) is 81.8 cm³/mol. The molecule has 0 N–H and O–H groups in total. The molecule has 1 unspecified atom stereocenters. The van der Waals surface area contributed by atoms with Crippen molar-refractivity contribution in [2.75, 3.05) is 37.7 Å². The molecule has 2 saturated heterocycles. The Labute approximate surface area is 128 Å². The zero-order chi connectivity index (χ0) is 14.9. The molecule has 4 rings (SSSR count). The number of fused-ring (bicyclic) bond motifs is 1. The van der Waals surface area contributed by atoms with Gasteiger partial charge >= 0.3 is 0 Å². The molecule has 22 heavy (non-hydrogen) atoms. The van der Waals surface area contributed by atoms with Gasteiger partial charge in [-0.2, -0.15) is 0 Å². The molecule has 0 radical (unpaired) electrons. The van der Waals surface area contributed by atoms with E-state index in [1.807, 2.05) is 17.0 Å². The van der Waals surface area contributed by atoms with Crippen LogP contribution < -0.4 is 4.90 Å². The molecule has 1 atom stereocenters. The van der Waals surface area contributed by atoms with Crippen LogP contribution >= 0.6 is 0 Å². The Balaban J connectivity index is 1.55. The summed E-state index contributed by atoms with van der Waals surface area (Å²) in [6.45, 7) is 3.54. The highest BCUT2D eigenvalue weighted by Crippen LogP contribution is 2.27. The Bertz CT molecular complexity index is 678. The average Bonchev–Trinajstić information content (AvgIpc) is 3.25. The Morgan fingerprint density at radius 1 is 1.23 bits per heavy atom. The van der Waals surface area contributed by atoms with Gasteiger partial charge in [0.15, 0.2) is 6.10 Å². The number of anilines is 1. The van der Waals surface area contributed by atoms with E-state index in [4.69, 9.17) is 9.15 Å². The number of aromatic nitrogens is 1. The molecule has 4 heterocycles. The molecule has 0 saturated carbocycles. The van der Waals surface area contributed by atoms with Crippen LogP contribution in [-0.2, 0) is 9.53 Å². The lowest BCUT2D eigenvalue weighted by Crippen LogP contribution is -2.50. The van der Waals surface area contributed by atoms with Crippen molar-refractivity contribution in [3.63, 3.8) is 0 Å². The van der Waals surface area contributed by atoms with E-state index in [1.54, 1.807) is 12.5 Å². The van der Waals surface area contributed by atoms with Crippen molar-refractivity contribution in [2.45, 2.75) is 18.9 Å². The van der Waals surface area contributed by atoms with Gasteiger partial charge in [-0.05, 0) is 25.0 Å². The Morgan fingerprint density at radius 3 is 2.95 bits per heavy atom. The van der Waals surface area contributed by atoms with Gasteiger partial charge in [0.1, 0.15) is 11.4 Å². The van der Waals surface area contributed by atoms with Crippen LogP contribution in [0.15, 0.2) is 29.0 Å². The number of carbonyl (C=O) groups is 1. The summed E-state index contributed by atoms with van der Waals surface area (Å²) in [5, 5.41) is 0.983. The zero-order valence-electron chi connectivity index (χ0n) is 12.4. The lowest BCUT2D eigenvalue weighted by atomic mass is 10.2. The highest BCUT2D eigenvalue weighted by atomic mass is 16.5. The molecule has 2 fully saturated rings. The number of furan rings is 1. The molecule has 6 nitrogen and oxygen atoms in total. The van der Waals surface area contributed by atoms with Crippen LogP contribution in [0.25, 0.3) is 11.0 Å². The van der Waals surface area contributed by atoms with E-state index >= 15 is 0 Å². The number of hydrogen-bond acceptors (Lipinski definition) is 5. The molecule has 0 bridgehead atoms. The van der Waals surface area contributed by atoms with Gasteiger partial charge in [0, 0.05) is 25.8 Å². The molecule has 2 aliphatic rings. The van der Waals surface area contributed by atoms with Gasteiger partial charge in [0.05, 0.1) is 24.8 Å². The minimum absolute atomic E-state index is 0.113. The maximum absolute atomic E-state index is 12.5. The molecule has 2 aromatic rings. The van der Waals surface area contributed by atoms with Crippen LogP contribution in [-0.4, -0.2) is 54.7 Å².